The summed E-state index contributed by atoms with van der Waals surface area (Å²) in [4.78, 5) is 0. The third-order valence-corrected chi connectivity index (χ3v) is 2.01. The monoisotopic (exact) mass is 165 g/mol. The van der Waals surface area contributed by atoms with Crippen LogP contribution >= 0.6 is 0 Å². The van der Waals surface area contributed by atoms with Crippen LogP contribution in [0.2, 0.25) is 0 Å². The van der Waals surface area contributed by atoms with Gasteiger partial charge in [-0.05, 0) is 16.7 Å². The Balaban J connectivity index is 2.54. The highest BCUT2D eigenvalue weighted by atomic mass is 14.0. The van der Waals surface area contributed by atoms with E-state index in [9.17, 15) is 0 Å². The number of rotatable bonds is 1. The van der Waals surface area contributed by atoms with Crippen molar-refractivity contribution in [3.8, 4) is 11.1 Å². The Morgan fingerprint density at radius 1 is 0.692 bits per heavy atom. The zero-order chi connectivity index (χ0) is 9.10. The molecule has 0 heterocycles. The van der Waals surface area contributed by atoms with Crippen LogP contribution in [0.5, 0.6) is 0 Å². The largest absolute Gasteiger partial charge is 0.0622 e. The van der Waals surface area contributed by atoms with Crippen LogP contribution in [0.1, 0.15) is 5.56 Å². The van der Waals surface area contributed by atoms with Gasteiger partial charge in [0.25, 0.3) is 0 Å². The third-order valence-electron chi connectivity index (χ3n) is 2.01. The molecule has 0 aliphatic rings. The van der Waals surface area contributed by atoms with Gasteiger partial charge in [0.1, 0.15) is 0 Å². The Hall–Kier alpha value is -1.56. The van der Waals surface area contributed by atoms with Gasteiger partial charge in [-0.1, -0.05) is 54.6 Å². The summed E-state index contributed by atoms with van der Waals surface area (Å²) < 4.78 is 0. The van der Waals surface area contributed by atoms with Crippen molar-refractivity contribution in [3.63, 3.8) is 0 Å². The van der Waals surface area contributed by atoms with Crippen LogP contribution in [0.25, 0.3) is 11.1 Å². The van der Waals surface area contributed by atoms with Crippen molar-refractivity contribution in [3.05, 3.63) is 67.1 Å². The molecule has 0 aromatic heterocycles. The highest BCUT2D eigenvalue weighted by molar-refractivity contribution is 5.67. The zero-order valence-electron chi connectivity index (χ0n) is 7.20. The highest BCUT2D eigenvalue weighted by Crippen LogP contribution is 2.21. The zero-order valence-corrected chi connectivity index (χ0v) is 7.20. The first kappa shape index (κ1) is 8.06. The summed E-state index contributed by atoms with van der Waals surface area (Å²) in [5.41, 5.74) is 2.67. The average molecular weight is 165 g/mol. The molecule has 0 bridgehead atoms. The lowest BCUT2D eigenvalue weighted by molar-refractivity contribution is 1.56. The van der Waals surface area contributed by atoms with Gasteiger partial charge in [0.05, 0.1) is 0 Å². The van der Waals surface area contributed by atoms with Crippen molar-refractivity contribution in [2.75, 3.05) is 0 Å². The maximum Gasteiger partial charge on any atom is 0.0306 e. The molecule has 2 aromatic carbocycles. The fourth-order valence-corrected chi connectivity index (χ4v) is 1.35. The first-order chi connectivity index (χ1) is 6.38. The second-order valence-electron chi connectivity index (χ2n) is 2.91. The molecule has 0 aliphatic heterocycles. The smallest absolute Gasteiger partial charge is 0.0306 e. The van der Waals surface area contributed by atoms with E-state index in [-0.39, 0.29) is 0 Å². The molecule has 0 unspecified atom stereocenters. The van der Waals surface area contributed by atoms with E-state index in [4.69, 9.17) is 6.92 Å². The fourth-order valence-electron chi connectivity index (χ4n) is 1.35. The second kappa shape index (κ2) is 3.44. The molecule has 0 heteroatoms. The Kier molecular flexibility index (Phi) is 2.13. The van der Waals surface area contributed by atoms with Gasteiger partial charge in [-0.25, -0.2) is 0 Å². The predicted molar refractivity (Wildman–Crippen MR) is 54.2 cm³/mol. The van der Waals surface area contributed by atoms with Crippen LogP contribution in [0.4, 0.5) is 0 Å². The maximum atomic E-state index is 7.71. The molecule has 0 N–H and O–H groups in total. The van der Waals surface area contributed by atoms with E-state index in [1.165, 1.54) is 0 Å². The first-order valence-corrected chi connectivity index (χ1v) is 4.24. The number of hydrogen-bond acceptors (Lipinski definition) is 0. The SMILES string of the molecule is [C]c1ccccc1-c1ccccc1. The van der Waals surface area contributed by atoms with E-state index >= 15 is 0 Å². The molecule has 0 amide bonds. The van der Waals surface area contributed by atoms with Gasteiger partial charge >= 0.3 is 0 Å². The lowest BCUT2D eigenvalue weighted by atomic mass is 10.0. The summed E-state index contributed by atoms with van der Waals surface area (Å²) in [5.74, 6) is 0. The molecule has 0 nitrogen and oxygen atoms in total. The first-order valence-electron chi connectivity index (χ1n) is 4.24. The van der Waals surface area contributed by atoms with E-state index in [0.717, 1.165) is 11.1 Å². The van der Waals surface area contributed by atoms with Gasteiger partial charge in [-0.3, -0.25) is 0 Å². The molecule has 0 aliphatic carbocycles. The van der Waals surface area contributed by atoms with Crippen LogP contribution in [-0.4, -0.2) is 0 Å². The fraction of sp³-hybridized carbons (Fsp3) is 0. The number of benzene rings is 2. The maximum absolute atomic E-state index is 7.71. The Morgan fingerprint density at radius 3 is 2.00 bits per heavy atom. The summed E-state index contributed by atoms with van der Waals surface area (Å²) in [6, 6.07) is 17.6. The quantitative estimate of drug-likeness (QED) is 0.608. The minimum Gasteiger partial charge on any atom is -0.0622 e. The molecule has 61 valence electrons. The summed E-state index contributed by atoms with van der Waals surface area (Å²) in [5, 5.41) is 0. The Bertz CT molecular complexity index is 388. The lowest BCUT2D eigenvalue weighted by Gasteiger charge is -2.03. The van der Waals surface area contributed by atoms with Gasteiger partial charge in [0.15, 0.2) is 0 Å². The normalized spacial score (nSPS) is 9.92. The van der Waals surface area contributed by atoms with Crippen molar-refractivity contribution < 1.29 is 0 Å². The van der Waals surface area contributed by atoms with Crippen molar-refractivity contribution in [2.24, 2.45) is 0 Å². The lowest BCUT2D eigenvalue weighted by Crippen LogP contribution is -1.80. The van der Waals surface area contributed by atoms with Crippen molar-refractivity contribution >= 4 is 0 Å². The van der Waals surface area contributed by atoms with Crippen LogP contribution in [0.15, 0.2) is 54.6 Å². The molecular weight excluding hydrogens is 156 g/mol. The van der Waals surface area contributed by atoms with Crippen LogP contribution in [0.3, 0.4) is 0 Å². The predicted octanol–water partition coefficient (Wildman–Crippen LogP) is 3.29. The number of hydrogen-bond donors (Lipinski definition) is 0. The van der Waals surface area contributed by atoms with Gasteiger partial charge in [0.2, 0.25) is 0 Å². The minimum absolute atomic E-state index is 0.578. The molecular formula is C13H9. The minimum atomic E-state index is 0.578. The summed E-state index contributed by atoms with van der Waals surface area (Å²) >= 11 is 0. The van der Waals surface area contributed by atoms with Gasteiger partial charge < -0.3 is 0 Å². The van der Waals surface area contributed by atoms with Crippen LogP contribution in [0, 0.1) is 6.92 Å². The molecule has 13 heavy (non-hydrogen) atoms. The molecule has 2 aromatic rings. The van der Waals surface area contributed by atoms with E-state index in [1.807, 2.05) is 54.6 Å². The van der Waals surface area contributed by atoms with Crippen molar-refractivity contribution in [2.45, 2.75) is 0 Å². The third kappa shape index (κ3) is 1.62. The molecule has 2 rings (SSSR count). The van der Waals surface area contributed by atoms with Gasteiger partial charge in [-0.15, -0.1) is 0 Å². The molecule has 3 radical (unpaired) electrons. The summed E-state index contributed by atoms with van der Waals surface area (Å²) in [7, 11) is 0. The average Bonchev–Trinajstić information content (AvgIpc) is 2.20. The Labute approximate surface area is 78.9 Å². The molecule has 0 atom stereocenters. The summed E-state index contributed by atoms with van der Waals surface area (Å²) in [6.07, 6.45) is 0. The molecule has 0 saturated carbocycles. The van der Waals surface area contributed by atoms with E-state index < -0.39 is 0 Å². The van der Waals surface area contributed by atoms with E-state index in [1.54, 1.807) is 0 Å². The summed E-state index contributed by atoms with van der Waals surface area (Å²) in [6.45, 7) is 7.71. The standard InChI is InChI=1S/C13H9/c1-11-7-5-6-10-13(11)12-8-3-2-4-9-12/h2-10H. The van der Waals surface area contributed by atoms with Gasteiger partial charge in [-0.2, -0.15) is 0 Å². The molecule has 0 spiro atoms. The van der Waals surface area contributed by atoms with Crippen molar-refractivity contribution in [1.82, 2.24) is 0 Å². The van der Waals surface area contributed by atoms with Crippen LogP contribution < -0.4 is 0 Å². The Morgan fingerprint density at radius 2 is 1.31 bits per heavy atom. The molecule has 0 saturated heterocycles. The van der Waals surface area contributed by atoms with E-state index in [2.05, 4.69) is 0 Å². The second-order valence-corrected chi connectivity index (χ2v) is 2.91. The highest BCUT2D eigenvalue weighted by Gasteiger charge is 1.98. The van der Waals surface area contributed by atoms with E-state index in [0.29, 0.717) is 5.56 Å². The van der Waals surface area contributed by atoms with Crippen molar-refractivity contribution in [1.29, 1.82) is 0 Å². The topological polar surface area (TPSA) is 0 Å². The molecule has 0 fully saturated rings. The van der Waals surface area contributed by atoms with Crippen LogP contribution in [-0.2, 0) is 0 Å². The van der Waals surface area contributed by atoms with Gasteiger partial charge in [0, 0.05) is 6.92 Å².